The second-order valence-corrected chi connectivity index (χ2v) is 3.86. The zero-order chi connectivity index (χ0) is 11.0. The third-order valence-electron chi connectivity index (χ3n) is 1.47. The molecule has 0 fully saturated rings. The number of alkyl halides is 3. The summed E-state index contributed by atoms with van der Waals surface area (Å²) in [7, 11) is -4.68. The molecule has 1 aromatic rings. The van der Waals surface area contributed by atoms with Crippen LogP contribution in [0.3, 0.4) is 0 Å². The van der Waals surface area contributed by atoms with E-state index < -0.39 is 26.8 Å². The van der Waals surface area contributed by atoms with Crippen molar-refractivity contribution in [2.24, 2.45) is 0 Å². The lowest BCUT2D eigenvalue weighted by molar-refractivity contribution is -0.137. The Morgan fingerprint density at radius 3 is 1.79 bits per heavy atom. The fourth-order valence-electron chi connectivity index (χ4n) is 0.811. The van der Waals surface area contributed by atoms with Crippen LogP contribution < -0.4 is 0 Å². The highest BCUT2D eigenvalue weighted by Gasteiger charge is 2.30. The highest BCUT2D eigenvalue weighted by Crippen LogP contribution is 2.29. The molecule has 0 radical (unpaired) electrons. The minimum absolute atomic E-state index is 0.546. The van der Waals surface area contributed by atoms with Gasteiger partial charge in [-0.25, -0.2) is 8.42 Å². The van der Waals surface area contributed by atoms with Crippen LogP contribution in [-0.4, -0.2) is 13.0 Å². The summed E-state index contributed by atoms with van der Waals surface area (Å²) in [6, 6.07) is 2.35. The van der Waals surface area contributed by atoms with Gasteiger partial charge in [-0.2, -0.15) is 13.2 Å². The maximum atomic E-state index is 12.0. The number of hydrogen-bond donors (Lipinski definition) is 0. The lowest BCUT2D eigenvalue weighted by Gasteiger charge is -2.09. The molecule has 1 rings (SSSR count). The summed E-state index contributed by atoms with van der Waals surface area (Å²) in [4.78, 5) is -0.675. The van der Waals surface area contributed by atoms with Gasteiger partial charge in [-0.05, 0) is 24.3 Å². The van der Waals surface area contributed by atoms with Crippen molar-refractivity contribution in [1.29, 1.82) is 0 Å². The van der Waals surface area contributed by atoms with Gasteiger partial charge >= 0.3 is 6.18 Å². The largest absolute Gasteiger partial charge is 0.744 e. The summed E-state index contributed by atoms with van der Waals surface area (Å²) in [5.41, 5.74) is -0.995. The average Bonchev–Trinajstić information content (AvgIpc) is 2.01. The van der Waals surface area contributed by atoms with Gasteiger partial charge in [-0.1, -0.05) is 0 Å². The second kappa shape index (κ2) is 3.25. The van der Waals surface area contributed by atoms with E-state index in [0.717, 1.165) is 0 Å². The number of hydrogen-bond acceptors (Lipinski definition) is 3. The van der Waals surface area contributed by atoms with E-state index in [9.17, 15) is 26.1 Å². The predicted octanol–water partition coefficient (Wildman–Crippen LogP) is 1.61. The molecule has 0 saturated carbocycles. The molecule has 7 heteroatoms. The van der Waals surface area contributed by atoms with Crippen molar-refractivity contribution in [3.63, 3.8) is 0 Å². The minimum Gasteiger partial charge on any atom is -0.744 e. The average molecular weight is 225 g/mol. The van der Waals surface area contributed by atoms with E-state index in [0.29, 0.717) is 24.3 Å². The molecule has 0 bridgehead atoms. The summed E-state index contributed by atoms with van der Waals surface area (Å²) < 4.78 is 67.0. The van der Waals surface area contributed by atoms with E-state index in [2.05, 4.69) is 0 Å². The summed E-state index contributed by atoms with van der Waals surface area (Å²) in [6.07, 6.45) is -4.54. The summed E-state index contributed by atoms with van der Waals surface area (Å²) in [6.45, 7) is 0. The van der Waals surface area contributed by atoms with Crippen molar-refractivity contribution in [2.75, 3.05) is 0 Å². The normalized spacial score (nSPS) is 12.9. The van der Waals surface area contributed by atoms with Crippen LogP contribution in [0.15, 0.2) is 29.2 Å². The summed E-state index contributed by atoms with van der Waals surface area (Å²) >= 11 is 0. The van der Waals surface area contributed by atoms with Gasteiger partial charge in [0, 0.05) is 0 Å². The monoisotopic (exact) mass is 225 g/mol. The predicted molar refractivity (Wildman–Crippen MR) is 39.4 cm³/mol. The van der Waals surface area contributed by atoms with Crippen molar-refractivity contribution in [1.82, 2.24) is 0 Å². The molecule has 0 N–H and O–H groups in total. The maximum absolute atomic E-state index is 12.0. The first-order valence-electron chi connectivity index (χ1n) is 3.34. The van der Waals surface area contributed by atoms with Gasteiger partial charge in [0.2, 0.25) is 0 Å². The van der Waals surface area contributed by atoms with Crippen LogP contribution in [-0.2, 0) is 16.3 Å². The molecule has 0 aliphatic rings. The van der Waals surface area contributed by atoms with E-state index in [4.69, 9.17) is 0 Å². The standard InChI is InChI=1S/C7H5F3O3S/c8-7(9,10)5-1-3-6(4-2-5)14(11,12)13/h1-4H,(H,11,12,13)/p-1. The van der Waals surface area contributed by atoms with Crippen LogP contribution in [0.5, 0.6) is 0 Å². The van der Waals surface area contributed by atoms with Crippen molar-refractivity contribution in [3.05, 3.63) is 29.8 Å². The molecule has 0 unspecified atom stereocenters. The van der Waals surface area contributed by atoms with Crippen LogP contribution in [0, 0.1) is 0 Å². The van der Waals surface area contributed by atoms with Gasteiger partial charge in [0.1, 0.15) is 10.1 Å². The quantitative estimate of drug-likeness (QED) is 0.682. The van der Waals surface area contributed by atoms with Crippen LogP contribution in [0.25, 0.3) is 0 Å². The van der Waals surface area contributed by atoms with Crippen molar-refractivity contribution in [3.8, 4) is 0 Å². The van der Waals surface area contributed by atoms with Gasteiger partial charge in [-0.3, -0.25) is 0 Å². The van der Waals surface area contributed by atoms with Gasteiger partial charge < -0.3 is 4.55 Å². The summed E-state index contributed by atoms with van der Waals surface area (Å²) in [5.74, 6) is 0. The van der Waals surface area contributed by atoms with Crippen molar-refractivity contribution >= 4 is 10.1 Å². The van der Waals surface area contributed by atoms with E-state index in [1.807, 2.05) is 0 Å². The first kappa shape index (κ1) is 11.0. The van der Waals surface area contributed by atoms with Crippen molar-refractivity contribution in [2.45, 2.75) is 11.1 Å². The van der Waals surface area contributed by atoms with Crippen LogP contribution in [0.1, 0.15) is 5.56 Å². The Balaban J connectivity index is 3.14. The zero-order valence-electron chi connectivity index (χ0n) is 6.58. The topological polar surface area (TPSA) is 57.2 Å². The van der Waals surface area contributed by atoms with Gasteiger partial charge in [0.25, 0.3) is 0 Å². The second-order valence-electron chi connectivity index (χ2n) is 2.48. The van der Waals surface area contributed by atoms with Crippen LogP contribution >= 0.6 is 0 Å². The van der Waals surface area contributed by atoms with Crippen LogP contribution in [0.2, 0.25) is 0 Å². The Labute approximate surface area is 77.9 Å². The summed E-state index contributed by atoms with van der Waals surface area (Å²) in [5, 5.41) is 0. The zero-order valence-corrected chi connectivity index (χ0v) is 7.39. The van der Waals surface area contributed by atoms with Crippen LogP contribution in [0.4, 0.5) is 13.2 Å². The molecule has 0 atom stereocenters. The first-order valence-corrected chi connectivity index (χ1v) is 4.75. The lowest BCUT2D eigenvalue weighted by Crippen LogP contribution is -2.05. The fraction of sp³-hybridized carbons (Fsp3) is 0.143. The molecule has 0 aromatic heterocycles. The molecule has 0 saturated heterocycles. The minimum atomic E-state index is -4.68. The van der Waals surface area contributed by atoms with Gasteiger partial charge in [0.05, 0.1) is 10.5 Å². The van der Waals surface area contributed by atoms with E-state index in [1.165, 1.54) is 0 Å². The van der Waals surface area contributed by atoms with E-state index >= 15 is 0 Å². The SMILES string of the molecule is O=S(=O)([O-])c1ccc(C(F)(F)F)cc1. The molecular formula is C7H4F3O3S-. The molecule has 0 aliphatic carbocycles. The molecule has 3 nitrogen and oxygen atoms in total. The smallest absolute Gasteiger partial charge is 0.416 e. The Hall–Kier alpha value is -1.08. The Morgan fingerprint density at radius 1 is 1.07 bits per heavy atom. The Morgan fingerprint density at radius 2 is 1.50 bits per heavy atom. The number of rotatable bonds is 1. The third kappa shape index (κ3) is 2.46. The molecule has 0 heterocycles. The molecule has 0 aliphatic heterocycles. The number of halogens is 3. The first-order chi connectivity index (χ1) is 6.21. The number of benzene rings is 1. The fourth-order valence-corrected chi connectivity index (χ4v) is 1.28. The maximum Gasteiger partial charge on any atom is 0.416 e. The molecule has 0 amide bonds. The molecular weight excluding hydrogens is 221 g/mol. The van der Waals surface area contributed by atoms with Gasteiger partial charge in [-0.15, -0.1) is 0 Å². The third-order valence-corrected chi connectivity index (χ3v) is 2.32. The van der Waals surface area contributed by atoms with Crippen molar-refractivity contribution < 1.29 is 26.1 Å². The molecule has 0 spiro atoms. The Bertz CT molecular complexity index is 418. The van der Waals surface area contributed by atoms with E-state index in [-0.39, 0.29) is 0 Å². The lowest BCUT2D eigenvalue weighted by atomic mass is 10.2. The molecule has 78 valence electrons. The Kier molecular flexibility index (Phi) is 2.55. The van der Waals surface area contributed by atoms with E-state index in [1.54, 1.807) is 0 Å². The molecule has 14 heavy (non-hydrogen) atoms. The highest BCUT2D eigenvalue weighted by molar-refractivity contribution is 7.85. The van der Waals surface area contributed by atoms with Gasteiger partial charge in [0.15, 0.2) is 0 Å². The molecule has 1 aromatic carbocycles. The highest BCUT2D eigenvalue weighted by atomic mass is 32.2.